The van der Waals surface area contributed by atoms with Crippen LogP contribution in [0.1, 0.15) is 12.8 Å². The van der Waals surface area contributed by atoms with Gasteiger partial charge in [0.05, 0.1) is 23.7 Å². The van der Waals surface area contributed by atoms with Crippen molar-refractivity contribution >= 4 is 54.4 Å². The molecule has 206 valence electrons. The molecule has 0 aromatic heterocycles. The van der Waals surface area contributed by atoms with Crippen LogP contribution >= 0.6 is 18.8 Å². The zero-order valence-electron chi connectivity index (χ0n) is 19.2. The topological polar surface area (TPSA) is 216 Å². The molecule has 0 radical (unpaired) electrons. The number of carboxylic acid groups (broad SMARTS) is 2. The summed E-state index contributed by atoms with van der Waals surface area (Å²) in [6, 6.07) is 0. The number of allylic oxidation sites excluding steroid dienone is 4. The normalized spacial score (nSPS) is 34.9. The van der Waals surface area contributed by atoms with Gasteiger partial charge in [-0.1, -0.05) is 24.3 Å². The van der Waals surface area contributed by atoms with E-state index in [9.17, 15) is 28.8 Å². The number of hydrogen-bond acceptors (Lipinski definition) is 6. The van der Waals surface area contributed by atoms with Crippen molar-refractivity contribution in [1.29, 1.82) is 0 Å². The van der Waals surface area contributed by atoms with E-state index in [1.165, 1.54) is 0 Å². The van der Waals surface area contributed by atoms with Gasteiger partial charge in [-0.3, -0.25) is 38.6 Å². The molecule has 4 bridgehead atoms. The number of likely N-dealkylation sites (tertiary alicyclic amines) is 2. The van der Waals surface area contributed by atoms with Crippen molar-refractivity contribution < 1.29 is 55.5 Å². The van der Waals surface area contributed by atoms with E-state index in [4.69, 9.17) is 29.0 Å². The third kappa shape index (κ3) is 5.40. The number of amides is 4. The van der Waals surface area contributed by atoms with E-state index in [0.717, 1.165) is 22.6 Å². The first-order valence-electron chi connectivity index (χ1n) is 10.9. The average molecular weight is 740 g/mol. The third-order valence-electron chi connectivity index (χ3n) is 7.71. The molecule has 12 nitrogen and oxygen atoms in total. The minimum absolute atomic E-state index is 0. The molecule has 2 aliphatic heterocycles. The SMILES string of the molecule is O=C(O)CN1C(=O)C2C3C=CC(C3)C2C1=O.O=C(O)CN1C(=O)C2C3C=CC(C3)C2C1=O.[Cl][Pt+2][Cl].[NH2-].[NH2-]. The molecule has 2 heterocycles. The fraction of sp³-hybridized carbons (Fsp3) is 0.545. The molecular formula is C22H26Cl2N4O8Pt. The number of fused-ring (bicyclic) bond motifs is 10. The second-order valence-electron chi connectivity index (χ2n) is 9.36. The Morgan fingerprint density at radius 1 is 0.676 bits per heavy atom. The van der Waals surface area contributed by atoms with Gasteiger partial charge in [-0.25, -0.2) is 0 Å². The first-order chi connectivity index (χ1) is 16.6. The first-order valence-corrected chi connectivity index (χ1v) is 16.6. The van der Waals surface area contributed by atoms with E-state index in [1.54, 1.807) is 0 Å². The van der Waals surface area contributed by atoms with E-state index in [0.29, 0.717) is 0 Å². The van der Waals surface area contributed by atoms with Crippen molar-refractivity contribution in [3.05, 3.63) is 36.6 Å². The van der Waals surface area contributed by atoms with E-state index in [2.05, 4.69) is 0 Å². The van der Waals surface area contributed by atoms with Crippen molar-refractivity contribution in [1.82, 2.24) is 9.80 Å². The molecule has 0 aromatic carbocycles. The maximum atomic E-state index is 11.9. The quantitative estimate of drug-likeness (QED) is 0.322. The van der Waals surface area contributed by atoms with Crippen LogP contribution in [0.2, 0.25) is 0 Å². The summed E-state index contributed by atoms with van der Waals surface area (Å²) in [5.74, 6) is -4.05. The van der Waals surface area contributed by atoms with Crippen molar-refractivity contribution in [3.8, 4) is 0 Å². The Bertz CT molecular complexity index is 916. The van der Waals surface area contributed by atoms with E-state index >= 15 is 0 Å². The van der Waals surface area contributed by atoms with Gasteiger partial charge in [-0.05, 0) is 36.5 Å². The molecule has 4 fully saturated rings. The Hall–Kier alpha value is -2.11. The predicted molar refractivity (Wildman–Crippen MR) is 126 cm³/mol. The van der Waals surface area contributed by atoms with Crippen LogP contribution in [0, 0.1) is 47.3 Å². The Labute approximate surface area is 228 Å². The van der Waals surface area contributed by atoms with Gasteiger partial charge in [-0.15, -0.1) is 0 Å². The number of carboxylic acids is 2. The Morgan fingerprint density at radius 2 is 0.892 bits per heavy atom. The standard InChI is InChI=1S/2C11H11NO4.2ClH.2H2N.Pt/c2*13-7(14)4-12-10(15)8-5-1-2-6(3-5)9(8)11(12)16;;;;;/h2*1-2,5-6,8-9H,3-4H2,(H,13,14);2*1H;2*1H2;/q;;;;2*-1;+4/p-2. The molecular weight excluding hydrogens is 714 g/mol. The van der Waals surface area contributed by atoms with E-state index in [1.807, 2.05) is 24.3 Å². The zero-order valence-corrected chi connectivity index (χ0v) is 23.0. The summed E-state index contributed by atoms with van der Waals surface area (Å²) in [7, 11) is 9.75. The van der Waals surface area contributed by atoms with Crippen LogP contribution in [-0.4, -0.2) is 68.7 Å². The summed E-state index contributed by atoms with van der Waals surface area (Å²) >= 11 is -0.472. The van der Waals surface area contributed by atoms with E-state index in [-0.39, 0.29) is 83.3 Å². The molecule has 2 saturated carbocycles. The number of halogens is 2. The van der Waals surface area contributed by atoms with Gasteiger partial charge in [0.25, 0.3) is 0 Å². The molecule has 0 spiro atoms. The number of carbonyl (C=O) groups is 6. The maximum Gasteiger partial charge on any atom is -0.693 e. The molecule has 37 heavy (non-hydrogen) atoms. The van der Waals surface area contributed by atoms with Gasteiger partial charge in [0, 0.05) is 0 Å². The van der Waals surface area contributed by atoms with Gasteiger partial charge in [0.15, 0.2) is 0 Å². The average Bonchev–Trinajstić information content (AvgIpc) is 3.62. The second-order valence-corrected chi connectivity index (χ2v) is 12.6. The van der Waals surface area contributed by atoms with Crippen LogP contribution < -0.4 is 0 Å². The van der Waals surface area contributed by atoms with Crippen molar-refractivity contribution in [2.24, 2.45) is 47.3 Å². The molecule has 2 saturated heterocycles. The molecule has 6 aliphatic rings. The van der Waals surface area contributed by atoms with Crippen LogP contribution in [0.3, 0.4) is 0 Å². The predicted octanol–water partition coefficient (Wildman–Crippen LogP) is 2.57. The van der Waals surface area contributed by atoms with Crippen LogP contribution in [0.4, 0.5) is 0 Å². The van der Waals surface area contributed by atoms with Gasteiger partial charge >= 0.3 is 47.3 Å². The van der Waals surface area contributed by atoms with Crippen molar-refractivity contribution in [3.63, 3.8) is 0 Å². The van der Waals surface area contributed by atoms with Crippen LogP contribution in [0.25, 0.3) is 12.3 Å². The molecule has 8 atom stereocenters. The molecule has 4 amide bonds. The zero-order chi connectivity index (χ0) is 25.6. The van der Waals surface area contributed by atoms with Gasteiger partial charge in [0.2, 0.25) is 23.6 Å². The fourth-order valence-electron chi connectivity index (χ4n) is 6.51. The number of aliphatic carboxylic acids is 2. The van der Waals surface area contributed by atoms with Gasteiger partial charge < -0.3 is 22.5 Å². The summed E-state index contributed by atoms with van der Waals surface area (Å²) in [6.07, 6.45) is 9.69. The molecule has 0 aromatic rings. The Balaban J connectivity index is 0.000000225. The van der Waals surface area contributed by atoms with Gasteiger partial charge in [-0.2, -0.15) is 0 Å². The smallest absolute Gasteiger partial charge is 0.693 e. The number of nitrogens with zero attached hydrogens (tertiary/aromatic N) is 2. The third-order valence-corrected chi connectivity index (χ3v) is 7.71. The molecule has 15 heteroatoms. The molecule has 6 rings (SSSR count). The number of rotatable bonds is 4. The summed E-state index contributed by atoms with van der Waals surface area (Å²) in [5.41, 5.74) is 0. The molecule has 6 N–H and O–H groups in total. The molecule has 4 aliphatic carbocycles. The minimum atomic E-state index is -1.14. The summed E-state index contributed by atoms with van der Waals surface area (Å²) < 4.78 is 0. The number of imide groups is 2. The summed E-state index contributed by atoms with van der Waals surface area (Å²) in [6.45, 7) is -0.992. The largest absolute Gasteiger partial charge is 0.693 e. The summed E-state index contributed by atoms with van der Waals surface area (Å²) in [5, 5.41) is 17.3. The number of carbonyl (C=O) groups excluding carboxylic acids is 4. The van der Waals surface area contributed by atoms with Crippen molar-refractivity contribution in [2.75, 3.05) is 13.1 Å². The first kappa shape index (κ1) is 31.1. The second kappa shape index (κ2) is 12.2. The molecule has 8 unspecified atom stereocenters. The number of hydrogen-bond donors (Lipinski definition) is 2. The number of nitrogens with two attached hydrogens (primary N) is 2. The van der Waals surface area contributed by atoms with Crippen LogP contribution in [0.15, 0.2) is 24.3 Å². The Kier molecular flexibility index (Phi) is 10.2. The fourth-order valence-corrected chi connectivity index (χ4v) is 6.51. The summed E-state index contributed by atoms with van der Waals surface area (Å²) in [4.78, 5) is 70.7. The Morgan fingerprint density at radius 3 is 1.08 bits per heavy atom. The monoisotopic (exact) mass is 739 g/mol. The van der Waals surface area contributed by atoms with Crippen molar-refractivity contribution in [2.45, 2.75) is 12.8 Å². The minimum Gasteiger partial charge on any atom is -0.693 e. The maximum absolute atomic E-state index is 11.9. The van der Waals surface area contributed by atoms with E-state index < -0.39 is 41.5 Å². The van der Waals surface area contributed by atoms with Gasteiger partial charge in [0.1, 0.15) is 13.1 Å². The van der Waals surface area contributed by atoms with Crippen LogP contribution in [0.5, 0.6) is 0 Å². The van der Waals surface area contributed by atoms with Crippen LogP contribution in [-0.2, 0) is 45.2 Å².